The van der Waals surface area contributed by atoms with E-state index in [0.29, 0.717) is 24.2 Å². The summed E-state index contributed by atoms with van der Waals surface area (Å²) in [7, 11) is 0. The number of hydrogen-bond acceptors (Lipinski definition) is 3. The number of carbonyl (C=O) groups is 1. The molecule has 0 aliphatic rings. The van der Waals surface area contributed by atoms with E-state index in [-0.39, 0.29) is 5.91 Å². The van der Waals surface area contributed by atoms with Crippen molar-refractivity contribution in [1.29, 1.82) is 0 Å². The van der Waals surface area contributed by atoms with Crippen molar-refractivity contribution in [3.05, 3.63) is 29.8 Å². The van der Waals surface area contributed by atoms with E-state index in [0.717, 1.165) is 11.4 Å². The first kappa shape index (κ1) is 16.1. The van der Waals surface area contributed by atoms with Crippen LogP contribution in [0.5, 0.6) is 0 Å². The molecule has 3 nitrogen and oxygen atoms in total. The second-order valence-corrected chi connectivity index (χ2v) is 5.75. The average Bonchev–Trinajstić information content (AvgIpc) is 2.33. The van der Waals surface area contributed by atoms with Crippen molar-refractivity contribution in [2.45, 2.75) is 44.7 Å². The predicted octanol–water partition coefficient (Wildman–Crippen LogP) is 2.82. The Hall–Kier alpha value is -1.00. The molecular formula is C15H24N2OS. The smallest absolute Gasteiger partial charge is 0.251 e. The Morgan fingerprint density at radius 2 is 1.89 bits per heavy atom. The number of carbonyl (C=O) groups excluding carboxylic acids is 1. The summed E-state index contributed by atoms with van der Waals surface area (Å²) in [6, 6.07) is 8.25. The molecule has 1 rings (SSSR count). The van der Waals surface area contributed by atoms with Crippen molar-refractivity contribution in [3.63, 3.8) is 0 Å². The molecular weight excluding hydrogens is 256 g/mol. The minimum Gasteiger partial charge on any atom is -0.351 e. The third-order valence-electron chi connectivity index (χ3n) is 3.09. The zero-order valence-electron chi connectivity index (χ0n) is 12.2. The minimum atomic E-state index is -0.0386. The highest BCUT2D eigenvalue weighted by Gasteiger charge is 2.13. The topological polar surface area (TPSA) is 32.3 Å². The number of hydrogen-bond donors (Lipinski definition) is 2. The van der Waals surface area contributed by atoms with E-state index in [4.69, 9.17) is 0 Å². The fourth-order valence-corrected chi connectivity index (χ4v) is 2.39. The summed E-state index contributed by atoms with van der Waals surface area (Å²) in [5, 5.41) is 2.95. The van der Waals surface area contributed by atoms with E-state index in [1.165, 1.54) is 0 Å². The van der Waals surface area contributed by atoms with Gasteiger partial charge in [-0.2, -0.15) is 0 Å². The van der Waals surface area contributed by atoms with Crippen LogP contribution in [-0.4, -0.2) is 36.0 Å². The van der Waals surface area contributed by atoms with E-state index in [1.807, 2.05) is 12.1 Å². The molecule has 0 unspecified atom stereocenters. The van der Waals surface area contributed by atoms with Gasteiger partial charge in [-0.15, -0.1) is 12.6 Å². The first-order valence-electron chi connectivity index (χ1n) is 6.74. The van der Waals surface area contributed by atoms with Gasteiger partial charge >= 0.3 is 0 Å². The quantitative estimate of drug-likeness (QED) is 0.785. The first-order chi connectivity index (χ1) is 8.91. The fourth-order valence-electron chi connectivity index (χ4n) is 2.16. The van der Waals surface area contributed by atoms with Crippen LogP contribution in [0.1, 0.15) is 38.1 Å². The van der Waals surface area contributed by atoms with Crippen LogP contribution < -0.4 is 5.32 Å². The van der Waals surface area contributed by atoms with Crippen molar-refractivity contribution in [2.75, 3.05) is 13.1 Å². The second kappa shape index (κ2) is 7.56. The number of thiol groups is 1. The van der Waals surface area contributed by atoms with E-state index in [9.17, 15) is 4.79 Å². The molecule has 0 radical (unpaired) electrons. The van der Waals surface area contributed by atoms with Gasteiger partial charge in [-0.05, 0) is 45.9 Å². The van der Waals surface area contributed by atoms with Crippen LogP contribution in [0.2, 0.25) is 0 Å². The van der Waals surface area contributed by atoms with Gasteiger partial charge in [-0.3, -0.25) is 9.69 Å². The number of nitrogens with zero attached hydrogens (tertiary/aromatic N) is 1. The van der Waals surface area contributed by atoms with Crippen molar-refractivity contribution < 1.29 is 4.79 Å². The van der Waals surface area contributed by atoms with Crippen LogP contribution in [0.15, 0.2) is 29.2 Å². The molecule has 1 N–H and O–H groups in total. The van der Waals surface area contributed by atoms with Crippen LogP contribution in [0.25, 0.3) is 0 Å². The Balaban J connectivity index is 2.47. The van der Waals surface area contributed by atoms with Gasteiger partial charge in [0.05, 0.1) is 0 Å². The Labute approximate surface area is 121 Å². The maximum absolute atomic E-state index is 12.0. The van der Waals surface area contributed by atoms with Crippen molar-refractivity contribution in [1.82, 2.24) is 10.2 Å². The van der Waals surface area contributed by atoms with Crippen LogP contribution in [0.3, 0.4) is 0 Å². The maximum atomic E-state index is 12.0. The second-order valence-electron chi connectivity index (χ2n) is 5.23. The molecule has 0 fully saturated rings. The zero-order valence-corrected chi connectivity index (χ0v) is 13.1. The molecule has 0 aliphatic carbocycles. The molecule has 0 aromatic heterocycles. The molecule has 0 atom stereocenters. The lowest BCUT2D eigenvalue weighted by Crippen LogP contribution is -2.42. The molecule has 0 saturated heterocycles. The SMILES string of the molecule is CC(C)N(CCNC(=O)c1cccc(S)c1)C(C)C. The molecule has 0 spiro atoms. The van der Waals surface area contributed by atoms with Crippen LogP contribution in [0, 0.1) is 0 Å². The highest BCUT2D eigenvalue weighted by molar-refractivity contribution is 7.80. The lowest BCUT2D eigenvalue weighted by atomic mass is 10.2. The summed E-state index contributed by atoms with van der Waals surface area (Å²) >= 11 is 4.24. The van der Waals surface area contributed by atoms with E-state index >= 15 is 0 Å². The molecule has 1 aromatic rings. The largest absolute Gasteiger partial charge is 0.351 e. The highest BCUT2D eigenvalue weighted by atomic mass is 32.1. The Morgan fingerprint density at radius 3 is 2.42 bits per heavy atom. The number of nitrogens with one attached hydrogen (secondary N) is 1. The lowest BCUT2D eigenvalue weighted by Gasteiger charge is -2.30. The van der Waals surface area contributed by atoms with Gasteiger partial charge in [-0.1, -0.05) is 6.07 Å². The van der Waals surface area contributed by atoms with Crippen molar-refractivity contribution in [2.24, 2.45) is 0 Å². The third kappa shape index (κ3) is 5.25. The first-order valence-corrected chi connectivity index (χ1v) is 7.19. The molecule has 0 saturated carbocycles. The molecule has 1 aromatic carbocycles. The van der Waals surface area contributed by atoms with Gasteiger partial charge < -0.3 is 5.32 Å². The van der Waals surface area contributed by atoms with Gasteiger partial charge in [0, 0.05) is 35.6 Å². The molecule has 0 heterocycles. The Bertz CT molecular complexity index is 410. The van der Waals surface area contributed by atoms with Gasteiger partial charge in [0.15, 0.2) is 0 Å². The van der Waals surface area contributed by atoms with Crippen LogP contribution in [0.4, 0.5) is 0 Å². The van der Waals surface area contributed by atoms with Gasteiger partial charge in [0.2, 0.25) is 0 Å². The Kier molecular flexibility index (Phi) is 6.38. The van der Waals surface area contributed by atoms with E-state index < -0.39 is 0 Å². The average molecular weight is 280 g/mol. The number of amides is 1. The highest BCUT2D eigenvalue weighted by Crippen LogP contribution is 2.08. The standard InChI is InChI=1S/C15H24N2OS/c1-11(2)17(12(3)4)9-8-16-15(18)13-6-5-7-14(19)10-13/h5-7,10-12,19H,8-9H2,1-4H3,(H,16,18). The Morgan fingerprint density at radius 1 is 1.26 bits per heavy atom. The summed E-state index contributed by atoms with van der Waals surface area (Å²) in [5.74, 6) is -0.0386. The third-order valence-corrected chi connectivity index (χ3v) is 3.37. The summed E-state index contributed by atoms with van der Waals surface area (Å²) in [4.78, 5) is 15.1. The molecule has 1 amide bonds. The predicted molar refractivity (Wildman–Crippen MR) is 83.0 cm³/mol. The molecule has 0 aliphatic heterocycles. The zero-order chi connectivity index (χ0) is 14.4. The van der Waals surface area contributed by atoms with Gasteiger partial charge in [-0.25, -0.2) is 0 Å². The van der Waals surface area contributed by atoms with Crippen molar-refractivity contribution >= 4 is 18.5 Å². The number of benzene rings is 1. The van der Waals surface area contributed by atoms with E-state index in [2.05, 4.69) is 50.5 Å². The summed E-state index contributed by atoms with van der Waals surface area (Å²) < 4.78 is 0. The molecule has 0 bridgehead atoms. The van der Waals surface area contributed by atoms with E-state index in [1.54, 1.807) is 12.1 Å². The summed E-state index contributed by atoms with van der Waals surface area (Å²) in [6.45, 7) is 10.2. The molecule has 106 valence electrons. The minimum absolute atomic E-state index is 0.0386. The monoisotopic (exact) mass is 280 g/mol. The van der Waals surface area contributed by atoms with Crippen LogP contribution >= 0.6 is 12.6 Å². The van der Waals surface area contributed by atoms with Gasteiger partial charge in [0.25, 0.3) is 5.91 Å². The summed E-state index contributed by atoms with van der Waals surface area (Å²) in [5.41, 5.74) is 0.660. The van der Waals surface area contributed by atoms with Crippen molar-refractivity contribution in [3.8, 4) is 0 Å². The summed E-state index contributed by atoms with van der Waals surface area (Å²) in [6.07, 6.45) is 0. The molecule has 19 heavy (non-hydrogen) atoms. The maximum Gasteiger partial charge on any atom is 0.251 e. The number of rotatable bonds is 6. The normalized spacial score (nSPS) is 11.4. The molecule has 4 heteroatoms. The van der Waals surface area contributed by atoms with Crippen LogP contribution in [-0.2, 0) is 0 Å². The lowest BCUT2D eigenvalue weighted by molar-refractivity contribution is 0.0939. The van der Waals surface area contributed by atoms with Gasteiger partial charge in [0.1, 0.15) is 0 Å². The fraction of sp³-hybridized carbons (Fsp3) is 0.533.